The van der Waals surface area contributed by atoms with Crippen LogP contribution in [0.1, 0.15) is 36.3 Å². The summed E-state index contributed by atoms with van der Waals surface area (Å²) in [6.45, 7) is 0. The van der Waals surface area contributed by atoms with Crippen molar-refractivity contribution in [2.24, 2.45) is 0 Å². The van der Waals surface area contributed by atoms with E-state index in [0.29, 0.717) is 17.4 Å². The highest BCUT2D eigenvalue weighted by Gasteiger charge is 2.25. The van der Waals surface area contributed by atoms with Gasteiger partial charge in [0.05, 0.1) is 11.7 Å². The third-order valence-electron chi connectivity index (χ3n) is 5.75. The molecule has 0 aliphatic heterocycles. The van der Waals surface area contributed by atoms with E-state index >= 15 is 0 Å². The van der Waals surface area contributed by atoms with E-state index in [1.165, 1.54) is 12.3 Å². The van der Waals surface area contributed by atoms with E-state index < -0.39 is 11.6 Å². The van der Waals surface area contributed by atoms with Crippen molar-refractivity contribution in [3.05, 3.63) is 59.4 Å². The van der Waals surface area contributed by atoms with Gasteiger partial charge in [0, 0.05) is 46.6 Å². The first kappa shape index (κ1) is 21.3. The lowest BCUT2D eigenvalue weighted by Crippen LogP contribution is -2.42. The molecule has 1 aromatic carbocycles. The van der Waals surface area contributed by atoms with Crippen LogP contribution in [0.5, 0.6) is 0 Å². The van der Waals surface area contributed by atoms with Gasteiger partial charge in [-0.2, -0.15) is 0 Å². The third kappa shape index (κ3) is 4.38. The Morgan fingerprint density at radius 2 is 1.97 bits per heavy atom. The van der Waals surface area contributed by atoms with E-state index in [1.807, 2.05) is 0 Å². The molecule has 33 heavy (non-hydrogen) atoms. The normalized spacial score (nSPS) is 18.4. The van der Waals surface area contributed by atoms with E-state index in [4.69, 9.17) is 11.6 Å². The maximum atomic E-state index is 14.5. The van der Waals surface area contributed by atoms with Gasteiger partial charge in [0.2, 0.25) is 0 Å². The van der Waals surface area contributed by atoms with Gasteiger partial charge in [0.1, 0.15) is 5.82 Å². The molecule has 8 nitrogen and oxygen atoms in total. The van der Waals surface area contributed by atoms with Crippen molar-refractivity contribution in [2.75, 3.05) is 5.32 Å². The number of benzene rings is 1. The number of carbonyl (C=O) groups is 1. The molecule has 2 atom stereocenters. The molecule has 3 aromatic heterocycles. The van der Waals surface area contributed by atoms with Gasteiger partial charge in [-0.3, -0.25) is 4.79 Å². The van der Waals surface area contributed by atoms with Gasteiger partial charge in [-0.15, -0.1) is 0 Å². The summed E-state index contributed by atoms with van der Waals surface area (Å²) in [6, 6.07) is 2.66. The van der Waals surface area contributed by atoms with E-state index in [-0.39, 0.29) is 46.0 Å². The fourth-order valence-corrected chi connectivity index (χ4v) is 4.43. The van der Waals surface area contributed by atoms with Crippen LogP contribution in [0.3, 0.4) is 0 Å². The molecule has 0 spiro atoms. The second-order valence-electron chi connectivity index (χ2n) is 8.02. The molecule has 0 bridgehead atoms. The second-order valence-corrected chi connectivity index (χ2v) is 8.46. The summed E-state index contributed by atoms with van der Waals surface area (Å²) < 4.78 is 28.7. The molecule has 5 rings (SSSR count). The molecular weight excluding hydrogens is 452 g/mol. The van der Waals surface area contributed by atoms with E-state index in [0.717, 1.165) is 25.5 Å². The second kappa shape index (κ2) is 8.78. The lowest BCUT2D eigenvalue weighted by Gasteiger charge is -2.30. The van der Waals surface area contributed by atoms with Crippen LogP contribution in [0.15, 0.2) is 36.9 Å². The Morgan fingerprint density at radius 1 is 1.12 bits per heavy atom. The smallest absolute Gasteiger partial charge is 0.287 e. The van der Waals surface area contributed by atoms with Crippen molar-refractivity contribution in [1.29, 1.82) is 0 Å². The lowest BCUT2D eigenvalue weighted by atomic mass is 9.91. The quantitative estimate of drug-likeness (QED) is 0.344. The number of hydrogen-bond donors (Lipinski definition) is 4. The Balaban J connectivity index is 1.34. The fraction of sp³-hybridized carbons (Fsp3) is 0.273. The van der Waals surface area contributed by atoms with Crippen LogP contribution in [-0.4, -0.2) is 42.9 Å². The van der Waals surface area contributed by atoms with Crippen LogP contribution in [0.4, 0.5) is 14.6 Å². The van der Waals surface area contributed by atoms with Crippen molar-refractivity contribution in [3.8, 4) is 11.4 Å². The number of imidazole rings is 1. The predicted molar refractivity (Wildman–Crippen MR) is 120 cm³/mol. The summed E-state index contributed by atoms with van der Waals surface area (Å²) >= 11 is 6.01. The molecule has 1 amide bonds. The number of aromatic nitrogens is 5. The number of rotatable bonds is 5. The van der Waals surface area contributed by atoms with Crippen LogP contribution in [0.25, 0.3) is 22.3 Å². The van der Waals surface area contributed by atoms with Crippen molar-refractivity contribution in [3.63, 3.8) is 0 Å². The molecule has 1 aliphatic rings. The Labute approximate surface area is 192 Å². The first-order valence-electron chi connectivity index (χ1n) is 10.5. The van der Waals surface area contributed by atoms with Crippen LogP contribution >= 0.6 is 11.6 Å². The predicted octanol–water partition coefficient (Wildman–Crippen LogP) is 4.43. The van der Waals surface area contributed by atoms with Gasteiger partial charge < -0.3 is 20.6 Å². The number of hydrogen-bond acceptors (Lipinski definition) is 5. The summed E-state index contributed by atoms with van der Waals surface area (Å²) in [5, 5.41) is 6.87. The summed E-state index contributed by atoms with van der Waals surface area (Å²) in [4.78, 5) is 30.3. The number of anilines is 1. The van der Waals surface area contributed by atoms with Gasteiger partial charge in [-0.1, -0.05) is 11.6 Å². The number of nitrogens with one attached hydrogen (secondary N) is 4. The fourth-order valence-electron chi connectivity index (χ4n) is 4.23. The standard InChI is InChI=1S/C22H20ClF2N7O/c23-11-6-14-15(9-28-18(14)16(24)7-11)19-29-10-17(25)20(32-19)30-12-2-1-3-13(8-12)31-22(33)21-26-4-5-27-21/h4-7,9-10,12-13,28H,1-3,8H2,(H,26,27)(H,31,33)(H,29,30,32)/t12-,13+/m0/s1. The molecule has 170 valence electrons. The van der Waals surface area contributed by atoms with Crippen molar-refractivity contribution in [1.82, 2.24) is 30.2 Å². The minimum absolute atomic E-state index is 0.0554. The van der Waals surface area contributed by atoms with Gasteiger partial charge in [0.25, 0.3) is 5.91 Å². The minimum atomic E-state index is -0.593. The summed E-state index contributed by atoms with van der Waals surface area (Å²) in [7, 11) is 0. The van der Waals surface area contributed by atoms with Crippen LogP contribution < -0.4 is 10.6 Å². The Hall–Kier alpha value is -3.53. The molecule has 0 unspecified atom stereocenters. The van der Waals surface area contributed by atoms with Crippen LogP contribution in [-0.2, 0) is 0 Å². The molecule has 1 fully saturated rings. The number of nitrogens with zero attached hydrogens (tertiary/aromatic N) is 3. The van der Waals surface area contributed by atoms with Crippen molar-refractivity contribution in [2.45, 2.75) is 37.8 Å². The van der Waals surface area contributed by atoms with Crippen LogP contribution in [0.2, 0.25) is 5.02 Å². The number of aromatic amines is 2. The highest BCUT2D eigenvalue weighted by molar-refractivity contribution is 6.31. The molecule has 0 radical (unpaired) electrons. The average Bonchev–Trinajstić information content (AvgIpc) is 3.46. The number of H-pyrrole nitrogens is 2. The topological polar surface area (TPSA) is 111 Å². The Bertz CT molecular complexity index is 1310. The van der Waals surface area contributed by atoms with Gasteiger partial charge in [-0.05, 0) is 37.8 Å². The van der Waals surface area contributed by atoms with Crippen molar-refractivity contribution >= 4 is 34.2 Å². The minimum Gasteiger partial charge on any atom is -0.365 e. The van der Waals surface area contributed by atoms with E-state index in [1.54, 1.807) is 18.5 Å². The first-order valence-corrected chi connectivity index (χ1v) is 10.9. The summed E-state index contributed by atoms with van der Waals surface area (Å²) in [6.07, 6.45) is 8.87. The number of halogens is 3. The zero-order valence-electron chi connectivity index (χ0n) is 17.3. The highest BCUT2D eigenvalue weighted by Crippen LogP contribution is 2.31. The molecule has 4 N–H and O–H groups in total. The number of carbonyl (C=O) groups excluding carboxylic acids is 1. The molecule has 1 saturated carbocycles. The molecule has 11 heteroatoms. The van der Waals surface area contributed by atoms with Gasteiger partial charge >= 0.3 is 0 Å². The SMILES string of the molecule is O=C(N[C@@H]1CCC[C@H](Nc2nc(-c3c[nH]c4c(F)cc(Cl)cc34)ncc2F)C1)c1ncc[nH]1. The molecule has 0 saturated heterocycles. The van der Waals surface area contributed by atoms with Gasteiger partial charge in [0.15, 0.2) is 23.3 Å². The van der Waals surface area contributed by atoms with E-state index in [9.17, 15) is 13.6 Å². The molecule has 4 aromatic rings. The van der Waals surface area contributed by atoms with E-state index in [2.05, 4.69) is 35.6 Å². The average molecular weight is 472 g/mol. The summed E-state index contributed by atoms with van der Waals surface area (Å²) in [5.41, 5.74) is 0.793. The van der Waals surface area contributed by atoms with Gasteiger partial charge in [-0.25, -0.2) is 23.7 Å². The third-order valence-corrected chi connectivity index (χ3v) is 5.97. The highest BCUT2D eigenvalue weighted by atomic mass is 35.5. The summed E-state index contributed by atoms with van der Waals surface area (Å²) in [5.74, 6) is -0.804. The molecule has 3 heterocycles. The lowest BCUT2D eigenvalue weighted by molar-refractivity contribution is 0.0917. The number of amides is 1. The first-order chi connectivity index (χ1) is 16.0. The largest absolute Gasteiger partial charge is 0.365 e. The molecular formula is C22H20ClF2N7O. The zero-order valence-corrected chi connectivity index (χ0v) is 18.1. The maximum absolute atomic E-state index is 14.5. The Kier molecular flexibility index (Phi) is 5.67. The van der Waals surface area contributed by atoms with Crippen LogP contribution in [0, 0.1) is 11.6 Å². The monoisotopic (exact) mass is 471 g/mol. The zero-order chi connectivity index (χ0) is 22.9. The number of fused-ring (bicyclic) bond motifs is 1. The molecule has 1 aliphatic carbocycles. The maximum Gasteiger partial charge on any atom is 0.287 e. The van der Waals surface area contributed by atoms with Crippen molar-refractivity contribution < 1.29 is 13.6 Å². The Morgan fingerprint density at radius 3 is 2.79 bits per heavy atom.